The molecule has 1 fully saturated rings. The Morgan fingerprint density at radius 1 is 1.14 bits per heavy atom. The van der Waals surface area contributed by atoms with Crippen LogP contribution in [0.15, 0.2) is 29.3 Å². The van der Waals surface area contributed by atoms with Crippen LogP contribution in [-0.2, 0) is 16.0 Å². The van der Waals surface area contributed by atoms with E-state index < -0.39 is 0 Å². The molecule has 0 amide bonds. The van der Waals surface area contributed by atoms with Crippen LogP contribution in [-0.4, -0.2) is 77.1 Å². The number of hydrogen-bond donors (Lipinski definition) is 3. The van der Waals surface area contributed by atoms with Crippen molar-refractivity contribution in [3.63, 3.8) is 0 Å². The lowest BCUT2D eigenvalue weighted by molar-refractivity contribution is 0.0376. The summed E-state index contributed by atoms with van der Waals surface area (Å²) >= 11 is 0. The standard InChI is InChI=1S/C20H35N5O2.HI/c1-3-21-20(23-9-4-11-25-12-15-27-16-13-25)24-17-18-5-7-19(8-6-18)22-10-14-26-2;/h5-8,22H,3-4,9-17H2,1-2H3,(H2,21,23,24);1H. The molecule has 1 saturated heterocycles. The molecule has 7 nitrogen and oxygen atoms in total. The zero-order valence-corrected chi connectivity index (χ0v) is 19.5. The Morgan fingerprint density at radius 3 is 2.57 bits per heavy atom. The zero-order chi connectivity index (χ0) is 19.2. The zero-order valence-electron chi connectivity index (χ0n) is 17.2. The monoisotopic (exact) mass is 505 g/mol. The normalized spacial score (nSPS) is 15.0. The number of methoxy groups -OCH3 is 1. The summed E-state index contributed by atoms with van der Waals surface area (Å²) in [6.45, 7) is 11.0. The molecule has 0 unspecified atom stereocenters. The minimum absolute atomic E-state index is 0. The molecule has 1 aliphatic rings. The highest BCUT2D eigenvalue weighted by Crippen LogP contribution is 2.10. The first-order valence-electron chi connectivity index (χ1n) is 9.96. The van der Waals surface area contributed by atoms with Gasteiger partial charge in [0, 0.05) is 45.5 Å². The first-order chi connectivity index (χ1) is 13.3. The summed E-state index contributed by atoms with van der Waals surface area (Å²) in [5.74, 6) is 0.877. The Labute approximate surface area is 186 Å². The molecule has 0 atom stereocenters. The summed E-state index contributed by atoms with van der Waals surface area (Å²) in [4.78, 5) is 7.15. The Balaban J connectivity index is 0.00000392. The van der Waals surface area contributed by atoms with E-state index in [-0.39, 0.29) is 24.0 Å². The predicted octanol–water partition coefficient (Wildman–Crippen LogP) is 2.14. The van der Waals surface area contributed by atoms with Gasteiger partial charge < -0.3 is 25.4 Å². The van der Waals surface area contributed by atoms with Crippen LogP contribution < -0.4 is 16.0 Å². The molecule has 160 valence electrons. The molecule has 1 aliphatic heterocycles. The maximum Gasteiger partial charge on any atom is 0.191 e. The van der Waals surface area contributed by atoms with Gasteiger partial charge in [0.25, 0.3) is 0 Å². The van der Waals surface area contributed by atoms with Crippen LogP contribution in [0.2, 0.25) is 0 Å². The molecule has 0 spiro atoms. The van der Waals surface area contributed by atoms with Crippen molar-refractivity contribution in [3.8, 4) is 0 Å². The fourth-order valence-electron chi connectivity index (χ4n) is 2.87. The fraction of sp³-hybridized carbons (Fsp3) is 0.650. The van der Waals surface area contributed by atoms with E-state index in [0.717, 1.165) is 70.6 Å². The van der Waals surface area contributed by atoms with Gasteiger partial charge in [-0.1, -0.05) is 12.1 Å². The van der Waals surface area contributed by atoms with Gasteiger partial charge >= 0.3 is 0 Å². The van der Waals surface area contributed by atoms with E-state index in [9.17, 15) is 0 Å². The second-order valence-electron chi connectivity index (χ2n) is 6.55. The van der Waals surface area contributed by atoms with E-state index in [1.807, 2.05) is 0 Å². The van der Waals surface area contributed by atoms with Crippen molar-refractivity contribution in [1.82, 2.24) is 15.5 Å². The van der Waals surface area contributed by atoms with Crippen molar-refractivity contribution in [1.29, 1.82) is 0 Å². The molecule has 3 N–H and O–H groups in total. The Hall–Kier alpha value is -1.10. The van der Waals surface area contributed by atoms with Gasteiger partial charge in [0.15, 0.2) is 5.96 Å². The van der Waals surface area contributed by atoms with E-state index in [0.29, 0.717) is 13.2 Å². The number of nitrogens with one attached hydrogen (secondary N) is 3. The summed E-state index contributed by atoms with van der Waals surface area (Å²) in [7, 11) is 1.71. The second kappa shape index (κ2) is 15.8. The third-order valence-corrected chi connectivity index (χ3v) is 4.40. The van der Waals surface area contributed by atoms with Crippen molar-refractivity contribution in [2.24, 2.45) is 4.99 Å². The van der Waals surface area contributed by atoms with E-state index in [1.165, 1.54) is 5.56 Å². The van der Waals surface area contributed by atoms with E-state index in [1.54, 1.807) is 7.11 Å². The predicted molar refractivity (Wildman–Crippen MR) is 127 cm³/mol. The van der Waals surface area contributed by atoms with Gasteiger partial charge in [-0.2, -0.15) is 0 Å². The van der Waals surface area contributed by atoms with Crippen LogP contribution in [0.4, 0.5) is 5.69 Å². The SMILES string of the molecule is CCNC(=NCc1ccc(NCCOC)cc1)NCCCN1CCOCC1.I. The van der Waals surface area contributed by atoms with Gasteiger partial charge in [0.1, 0.15) is 0 Å². The number of hydrogen-bond acceptors (Lipinski definition) is 5. The molecule has 1 heterocycles. The van der Waals surface area contributed by atoms with E-state index in [2.05, 4.69) is 52.0 Å². The number of anilines is 1. The molecule has 1 aromatic rings. The van der Waals surface area contributed by atoms with Gasteiger partial charge in [-0.15, -0.1) is 24.0 Å². The molecule has 0 radical (unpaired) electrons. The number of ether oxygens (including phenoxy) is 2. The molecule has 0 aliphatic carbocycles. The lowest BCUT2D eigenvalue weighted by Gasteiger charge is -2.26. The highest BCUT2D eigenvalue weighted by molar-refractivity contribution is 14.0. The van der Waals surface area contributed by atoms with Crippen molar-refractivity contribution >= 4 is 35.6 Å². The molecule has 0 bridgehead atoms. The van der Waals surface area contributed by atoms with Gasteiger partial charge in [0.05, 0.1) is 26.4 Å². The average Bonchev–Trinajstić information content (AvgIpc) is 2.71. The highest BCUT2D eigenvalue weighted by Gasteiger charge is 2.09. The number of benzene rings is 1. The van der Waals surface area contributed by atoms with Gasteiger partial charge in [-0.05, 0) is 37.6 Å². The molecule has 2 rings (SSSR count). The minimum Gasteiger partial charge on any atom is -0.383 e. The molecule has 8 heteroatoms. The van der Waals surface area contributed by atoms with Gasteiger partial charge in [-0.3, -0.25) is 4.90 Å². The van der Waals surface area contributed by atoms with Crippen LogP contribution in [0.5, 0.6) is 0 Å². The number of morpholine rings is 1. The third kappa shape index (κ3) is 10.4. The molecular weight excluding hydrogens is 469 g/mol. The van der Waals surface area contributed by atoms with E-state index in [4.69, 9.17) is 14.5 Å². The maximum atomic E-state index is 5.39. The lowest BCUT2D eigenvalue weighted by atomic mass is 10.2. The summed E-state index contributed by atoms with van der Waals surface area (Å²) < 4.78 is 10.4. The molecule has 1 aromatic carbocycles. The number of aliphatic imine (C=N–C) groups is 1. The molecule has 28 heavy (non-hydrogen) atoms. The van der Waals surface area contributed by atoms with Crippen LogP contribution in [0, 0.1) is 0 Å². The summed E-state index contributed by atoms with van der Waals surface area (Å²) in [6, 6.07) is 8.40. The first kappa shape index (κ1) is 24.9. The summed E-state index contributed by atoms with van der Waals surface area (Å²) in [5, 5.41) is 10.1. The lowest BCUT2D eigenvalue weighted by Crippen LogP contribution is -2.40. The van der Waals surface area contributed by atoms with Crippen LogP contribution in [0.1, 0.15) is 18.9 Å². The first-order valence-corrected chi connectivity index (χ1v) is 9.96. The number of nitrogens with zero attached hydrogens (tertiary/aromatic N) is 2. The maximum absolute atomic E-state index is 5.39. The van der Waals surface area contributed by atoms with Crippen molar-refractivity contribution in [3.05, 3.63) is 29.8 Å². The number of guanidine groups is 1. The second-order valence-corrected chi connectivity index (χ2v) is 6.55. The Morgan fingerprint density at radius 2 is 1.89 bits per heavy atom. The van der Waals surface area contributed by atoms with Gasteiger partial charge in [-0.25, -0.2) is 4.99 Å². The minimum atomic E-state index is 0. The van der Waals surface area contributed by atoms with Crippen LogP contribution >= 0.6 is 24.0 Å². The Bertz CT molecular complexity index is 536. The average molecular weight is 505 g/mol. The van der Waals surface area contributed by atoms with E-state index >= 15 is 0 Å². The quantitative estimate of drug-likeness (QED) is 0.185. The molecule has 0 aromatic heterocycles. The molecule has 0 saturated carbocycles. The Kier molecular flexibility index (Phi) is 14.1. The topological polar surface area (TPSA) is 70.2 Å². The summed E-state index contributed by atoms with van der Waals surface area (Å²) in [5.41, 5.74) is 2.30. The van der Waals surface area contributed by atoms with Crippen molar-refractivity contribution in [2.45, 2.75) is 19.9 Å². The fourth-order valence-corrected chi connectivity index (χ4v) is 2.87. The largest absolute Gasteiger partial charge is 0.383 e. The van der Waals surface area contributed by atoms with Crippen molar-refractivity contribution < 1.29 is 9.47 Å². The smallest absolute Gasteiger partial charge is 0.191 e. The van der Waals surface area contributed by atoms with Gasteiger partial charge in [0.2, 0.25) is 0 Å². The molecular formula is C20H36IN5O2. The summed E-state index contributed by atoms with van der Waals surface area (Å²) in [6.07, 6.45) is 1.10. The van der Waals surface area contributed by atoms with Crippen molar-refractivity contribution in [2.75, 3.05) is 71.5 Å². The number of rotatable bonds is 11. The van der Waals surface area contributed by atoms with Crippen LogP contribution in [0.3, 0.4) is 0 Å². The van der Waals surface area contributed by atoms with Crippen LogP contribution in [0.25, 0.3) is 0 Å². The third-order valence-electron chi connectivity index (χ3n) is 4.40. The highest BCUT2D eigenvalue weighted by atomic mass is 127. The number of halogens is 1.